The summed E-state index contributed by atoms with van der Waals surface area (Å²) in [7, 11) is 0. The molecule has 1 aromatic heterocycles. The molecule has 4 heteroatoms. The Kier molecular flexibility index (Phi) is 2.81. The average Bonchev–Trinajstić information content (AvgIpc) is 2.92. The molecule has 0 unspecified atom stereocenters. The number of hydrogen-bond acceptors (Lipinski definition) is 2. The van der Waals surface area contributed by atoms with Crippen molar-refractivity contribution < 1.29 is 4.79 Å². The number of nitrogens with one attached hydrogen (secondary N) is 1. The zero-order valence-electron chi connectivity index (χ0n) is 8.15. The molecule has 0 radical (unpaired) electrons. The molecular formula is C10H15N3O. The van der Waals surface area contributed by atoms with Crippen molar-refractivity contribution in [1.82, 2.24) is 14.9 Å². The fourth-order valence-electron chi connectivity index (χ4n) is 1.38. The minimum absolute atomic E-state index is 0.232. The zero-order valence-corrected chi connectivity index (χ0v) is 8.15. The SMILES string of the molecule is O=C(NCCCn1ccnc1)C1CC1. The maximum Gasteiger partial charge on any atom is 0.223 e. The number of imidazole rings is 1. The summed E-state index contributed by atoms with van der Waals surface area (Å²) in [6.45, 7) is 1.69. The number of aromatic nitrogens is 2. The Balaban J connectivity index is 1.57. The third-order valence-corrected chi connectivity index (χ3v) is 2.40. The first-order valence-electron chi connectivity index (χ1n) is 5.10. The summed E-state index contributed by atoms with van der Waals surface area (Å²) in [5.74, 6) is 0.555. The summed E-state index contributed by atoms with van der Waals surface area (Å²) < 4.78 is 2.02. The van der Waals surface area contributed by atoms with Crippen LogP contribution in [0.5, 0.6) is 0 Å². The van der Waals surface area contributed by atoms with E-state index in [4.69, 9.17) is 0 Å². The van der Waals surface area contributed by atoms with Gasteiger partial charge in [-0.1, -0.05) is 0 Å². The molecule has 1 heterocycles. The molecular weight excluding hydrogens is 178 g/mol. The van der Waals surface area contributed by atoms with E-state index in [1.165, 1.54) is 0 Å². The van der Waals surface area contributed by atoms with Crippen molar-refractivity contribution in [2.24, 2.45) is 5.92 Å². The lowest BCUT2D eigenvalue weighted by atomic mass is 10.3. The van der Waals surface area contributed by atoms with Crippen LogP contribution in [0.1, 0.15) is 19.3 Å². The third-order valence-electron chi connectivity index (χ3n) is 2.40. The Bertz CT molecular complexity index is 290. The van der Waals surface area contributed by atoms with E-state index < -0.39 is 0 Å². The highest BCUT2D eigenvalue weighted by Crippen LogP contribution is 2.28. The summed E-state index contributed by atoms with van der Waals surface area (Å²) in [5, 5.41) is 2.93. The molecule has 14 heavy (non-hydrogen) atoms. The first kappa shape index (κ1) is 9.24. The molecule has 0 bridgehead atoms. The van der Waals surface area contributed by atoms with Gasteiger partial charge in [-0.05, 0) is 19.3 Å². The lowest BCUT2D eigenvalue weighted by molar-refractivity contribution is -0.122. The van der Waals surface area contributed by atoms with Gasteiger partial charge in [-0.3, -0.25) is 4.79 Å². The van der Waals surface area contributed by atoms with Crippen LogP contribution in [-0.4, -0.2) is 22.0 Å². The predicted octanol–water partition coefficient (Wildman–Crippen LogP) is 0.799. The Morgan fingerprint density at radius 1 is 1.57 bits per heavy atom. The van der Waals surface area contributed by atoms with Crippen molar-refractivity contribution in [3.05, 3.63) is 18.7 Å². The van der Waals surface area contributed by atoms with Crippen LogP contribution in [0.2, 0.25) is 0 Å². The van der Waals surface area contributed by atoms with Crippen LogP contribution in [0.15, 0.2) is 18.7 Å². The summed E-state index contributed by atoms with van der Waals surface area (Å²) in [6, 6.07) is 0. The highest BCUT2D eigenvalue weighted by atomic mass is 16.2. The van der Waals surface area contributed by atoms with E-state index in [1.54, 1.807) is 12.5 Å². The van der Waals surface area contributed by atoms with E-state index in [0.29, 0.717) is 5.92 Å². The van der Waals surface area contributed by atoms with Gasteiger partial charge in [-0.15, -0.1) is 0 Å². The molecule has 1 amide bonds. The van der Waals surface area contributed by atoms with Crippen molar-refractivity contribution >= 4 is 5.91 Å². The van der Waals surface area contributed by atoms with Crippen LogP contribution < -0.4 is 5.32 Å². The molecule has 0 aliphatic heterocycles. The predicted molar refractivity (Wildman–Crippen MR) is 52.6 cm³/mol. The maximum atomic E-state index is 11.2. The Morgan fingerprint density at radius 3 is 3.07 bits per heavy atom. The largest absolute Gasteiger partial charge is 0.356 e. The number of carbonyl (C=O) groups excluding carboxylic acids is 1. The zero-order chi connectivity index (χ0) is 9.80. The van der Waals surface area contributed by atoms with Crippen molar-refractivity contribution in [1.29, 1.82) is 0 Å². The van der Waals surface area contributed by atoms with E-state index in [0.717, 1.165) is 32.4 Å². The molecule has 1 aliphatic rings. The van der Waals surface area contributed by atoms with Gasteiger partial charge in [0, 0.05) is 31.4 Å². The molecule has 0 saturated heterocycles. The van der Waals surface area contributed by atoms with Gasteiger partial charge >= 0.3 is 0 Å². The van der Waals surface area contributed by atoms with E-state index in [-0.39, 0.29) is 5.91 Å². The molecule has 0 atom stereocenters. The number of hydrogen-bond donors (Lipinski definition) is 1. The standard InChI is InChI=1S/C10H15N3O/c14-10(9-2-3-9)12-4-1-6-13-7-5-11-8-13/h5,7-9H,1-4,6H2,(H,12,14). The summed E-state index contributed by atoms with van der Waals surface area (Å²) in [4.78, 5) is 15.2. The second-order valence-electron chi connectivity index (χ2n) is 3.72. The molecule has 1 aromatic rings. The van der Waals surface area contributed by atoms with Crippen LogP contribution in [-0.2, 0) is 11.3 Å². The van der Waals surface area contributed by atoms with E-state index >= 15 is 0 Å². The highest BCUT2D eigenvalue weighted by molar-refractivity contribution is 5.80. The molecule has 1 fully saturated rings. The summed E-state index contributed by atoms with van der Waals surface area (Å²) >= 11 is 0. The van der Waals surface area contributed by atoms with Gasteiger partial charge in [-0.25, -0.2) is 4.98 Å². The summed E-state index contributed by atoms with van der Waals surface area (Å²) in [6.07, 6.45) is 8.61. The van der Waals surface area contributed by atoms with Crippen LogP contribution >= 0.6 is 0 Å². The Morgan fingerprint density at radius 2 is 2.43 bits per heavy atom. The van der Waals surface area contributed by atoms with Gasteiger partial charge < -0.3 is 9.88 Å². The van der Waals surface area contributed by atoms with E-state index in [1.807, 2.05) is 10.8 Å². The van der Waals surface area contributed by atoms with Crippen molar-refractivity contribution in [2.45, 2.75) is 25.8 Å². The number of amides is 1. The minimum atomic E-state index is 0.232. The molecule has 76 valence electrons. The second-order valence-corrected chi connectivity index (χ2v) is 3.72. The molecule has 1 N–H and O–H groups in total. The van der Waals surface area contributed by atoms with Gasteiger partial charge in [0.15, 0.2) is 0 Å². The fraction of sp³-hybridized carbons (Fsp3) is 0.600. The number of aryl methyl sites for hydroxylation is 1. The van der Waals surface area contributed by atoms with Gasteiger partial charge in [-0.2, -0.15) is 0 Å². The number of nitrogens with zero attached hydrogens (tertiary/aromatic N) is 2. The van der Waals surface area contributed by atoms with Crippen LogP contribution in [0.4, 0.5) is 0 Å². The Hall–Kier alpha value is -1.32. The van der Waals surface area contributed by atoms with E-state index in [2.05, 4.69) is 10.3 Å². The van der Waals surface area contributed by atoms with Gasteiger partial charge in [0.05, 0.1) is 6.33 Å². The fourth-order valence-corrected chi connectivity index (χ4v) is 1.38. The van der Waals surface area contributed by atoms with E-state index in [9.17, 15) is 4.79 Å². The van der Waals surface area contributed by atoms with Crippen molar-refractivity contribution in [2.75, 3.05) is 6.54 Å². The van der Waals surface area contributed by atoms with Crippen molar-refractivity contribution in [3.8, 4) is 0 Å². The molecule has 4 nitrogen and oxygen atoms in total. The number of carbonyl (C=O) groups is 1. The molecule has 0 spiro atoms. The molecule has 2 rings (SSSR count). The quantitative estimate of drug-likeness (QED) is 0.703. The smallest absolute Gasteiger partial charge is 0.223 e. The highest BCUT2D eigenvalue weighted by Gasteiger charge is 2.28. The van der Waals surface area contributed by atoms with Crippen LogP contribution in [0.3, 0.4) is 0 Å². The van der Waals surface area contributed by atoms with Gasteiger partial charge in [0.25, 0.3) is 0 Å². The lowest BCUT2D eigenvalue weighted by Gasteiger charge is -2.04. The average molecular weight is 193 g/mol. The van der Waals surface area contributed by atoms with Crippen LogP contribution in [0, 0.1) is 5.92 Å². The second kappa shape index (κ2) is 4.26. The van der Waals surface area contributed by atoms with Crippen LogP contribution in [0.25, 0.3) is 0 Å². The first-order valence-corrected chi connectivity index (χ1v) is 5.10. The monoisotopic (exact) mass is 193 g/mol. The maximum absolute atomic E-state index is 11.2. The number of rotatable bonds is 5. The Labute approximate surface area is 83.3 Å². The minimum Gasteiger partial charge on any atom is -0.356 e. The molecule has 1 aliphatic carbocycles. The van der Waals surface area contributed by atoms with Crippen molar-refractivity contribution in [3.63, 3.8) is 0 Å². The first-order chi connectivity index (χ1) is 6.86. The lowest BCUT2D eigenvalue weighted by Crippen LogP contribution is -2.26. The topological polar surface area (TPSA) is 46.9 Å². The molecule has 1 saturated carbocycles. The van der Waals surface area contributed by atoms with Gasteiger partial charge in [0.2, 0.25) is 5.91 Å². The normalized spacial score (nSPS) is 15.4. The third kappa shape index (κ3) is 2.58. The molecule has 0 aromatic carbocycles. The summed E-state index contributed by atoms with van der Waals surface area (Å²) in [5.41, 5.74) is 0. The van der Waals surface area contributed by atoms with Gasteiger partial charge in [0.1, 0.15) is 0 Å².